The summed E-state index contributed by atoms with van der Waals surface area (Å²) in [5.74, 6) is 0.313. The Hall–Kier alpha value is -1.65. The first-order valence-electron chi connectivity index (χ1n) is 7.58. The molecule has 0 radical (unpaired) electrons. The number of aromatic nitrogens is 1. The van der Waals surface area contributed by atoms with Crippen LogP contribution in [0.5, 0.6) is 5.75 Å². The molecule has 0 bridgehead atoms. The predicted octanol–water partition coefficient (Wildman–Crippen LogP) is 4.46. The summed E-state index contributed by atoms with van der Waals surface area (Å²) in [4.78, 5) is 4.75. The molecule has 5 heteroatoms. The highest BCUT2D eigenvalue weighted by molar-refractivity contribution is 6.31. The number of ether oxygens (including phenoxy) is 2. The van der Waals surface area contributed by atoms with E-state index in [4.69, 9.17) is 26.1 Å². The van der Waals surface area contributed by atoms with Gasteiger partial charge in [0, 0.05) is 16.5 Å². The summed E-state index contributed by atoms with van der Waals surface area (Å²) in [5, 5.41) is 0.0783. The number of hydrogen-bond acceptors (Lipinski definition) is 3. The Morgan fingerprint density at radius 3 is 2.57 bits per heavy atom. The zero-order valence-corrected chi connectivity index (χ0v) is 14.0. The van der Waals surface area contributed by atoms with Gasteiger partial charge in [0.25, 0.3) is 0 Å². The normalized spacial score (nSPS) is 24.2. The van der Waals surface area contributed by atoms with Crippen LogP contribution in [0.2, 0.25) is 5.02 Å². The molecule has 1 saturated heterocycles. The van der Waals surface area contributed by atoms with Gasteiger partial charge in [-0.2, -0.15) is 0 Å². The maximum Gasteiger partial charge on any atom is 0.149 e. The van der Waals surface area contributed by atoms with E-state index in [9.17, 15) is 4.39 Å². The first-order chi connectivity index (χ1) is 10.8. The fraction of sp³-hybridized carbons (Fsp3) is 0.389. The Balaban J connectivity index is 1.95. The smallest absolute Gasteiger partial charge is 0.149 e. The van der Waals surface area contributed by atoms with Gasteiger partial charge >= 0.3 is 0 Å². The van der Waals surface area contributed by atoms with E-state index in [0.717, 1.165) is 22.6 Å². The minimum absolute atomic E-state index is 0.0783. The highest BCUT2D eigenvalue weighted by Gasteiger charge is 2.45. The highest BCUT2D eigenvalue weighted by atomic mass is 35.5. The lowest BCUT2D eigenvalue weighted by atomic mass is 9.85. The number of epoxide rings is 1. The summed E-state index contributed by atoms with van der Waals surface area (Å²) in [6, 6.07) is 6.70. The van der Waals surface area contributed by atoms with Crippen molar-refractivity contribution < 1.29 is 13.9 Å². The Bertz CT molecular complexity index is 815. The number of hydrogen-bond donors (Lipinski definition) is 0. The summed E-state index contributed by atoms with van der Waals surface area (Å²) >= 11 is 5.94. The lowest BCUT2D eigenvalue weighted by Gasteiger charge is -2.18. The van der Waals surface area contributed by atoms with Crippen LogP contribution in [-0.2, 0) is 15.8 Å². The number of benzene rings is 1. The van der Waals surface area contributed by atoms with E-state index in [0.29, 0.717) is 18.9 Å². The van der Waals surface area contributed by atoms with Crippen LogP contribution in [0, 0.1) is 5.82 Å². The van der Waals surface area contributed by atoms with E-state index in [1.54, 1.807) is 12.1 Å². The van der Waals surface area contributed by atoms with Crippen molar-refractivity contribution in [2.24, 2.45) is 0 Å². The van der Waals surface area contributed by atoms with Gasteiger partial charge in [-0.3, -0.25) is 0 Å². The van der Waals surface area contributed by atoms with E-state index in [1.165, 1.54) is 6.07 Å². The summed E-state index contributed by atoms with van der Waals surface area (Å²) in [6.45, 7) is 7.54. The minimum atomic E-state index is -0.443. The van der Waals surface area contributed by atoms with E-state index in [1.807, 2.05) is 6.92 Å². The summed E-state index contributed by atoms with van der Waals surface area (Å²) in [7, 11) is 0. The van der Waals surface area contributed by atoms with Crippen molar-refractivity contribution in [3.05, 3.63) is 46.4 Å². The molecule has 4 rings (SSSR count). The molecule has 1 fully saturated rings. The lowest BCUT2D eigenvalue weighted by molar-refractivity contribution is 0.291. The van der Waals surface area contributed by atoms with Crippen LogP contribution in [0.4, 0.5) is 4.39 Å². The van der Waals surface area contributed by atoms with Crippen LogP contribution in [-0.4, -0.2) is 18.2 Å². The van der Waals surface area contributed by atoms with Crippen molar-refractivity contribution in [2.45, 2.75) is 31.8 Å². The van der Waals surface area contributed by atoms with Gasteiger partial charge in [-0.1, -0.05) is 25.4 Å². The average Bonchev–Trinajstić information content (AvgIpc) is 3.18. The maximum atomic E-state index is 13.5. The molecule has 1 aromatic heterocycles. The van der Waals surface area contributed by atoms with Crippen molar-refractivity contribution in [2.75, 3.05) is 13.2 Å². The molecule has 3 nitrogen and oxygen atoms in total. The molecule has 2 aliphatic heterocycles. The predicted molar refractivity (Wildman–Crippen MR) is 86.5 cm³/mol. The van der Waals surface area contributed by atoms with Crippen molar-refractivity contribution in [3.8, 4) is 17.0 Å². The molecule has 2 aromatic rings. The van der Waals surface area contributed by atoms with Crippen molar-refractivity contribution >= 4 is 11.6 Å². The van der Waals surface area contributed by atoms with Gasteiger partial charge in [0.05, 0.1) is 23.9 Å². The van der Waals surface area contributed by atoms with Crippen LogP contribution < -0.4 is 4.74 Å². The van der Waals surface area contributed by atoms with Gasteiger partial charge in [-0.15, -0.1) is 0 Å². The zero-order chi connectivity index (χ0) is 16.4. The number of pyridine rings is 1. The molecule has 3 heterocycles. The fourth-order valence-electron chi connectivity index (χ4n) is 2.88. The Morgan fingerprint density at radius 2 is 1.91 bits per heavy atom. The second-order valence-corrected chi connectivity index (χ2v) is 7.46. The monoisotopic (exact) mass is 333 g/mol. The van der Waals surface area contributed by atoms with E-state index < -0.39 is 5.82 Å². The van der Waals surface area contributed by atoms with Crippen LogP contribution in [0.25, 0.3) is 11.3 Å². The number of fused-ring (bicyclic) bond motifs is 1. The van der Waals surface area contributed by atoms with Gasteiger partial charge in [-0.25, -0.2) is 9.37 Å². The quantitative estimate of drug-likeness (QED) is 0.761. The third-order valence-electron chi connectivity index (χ3n) is 4.59. The molecule has 1 unspecified atom stereocenters. The van der Waals surface area contributed by atoms with Crippen molar-refractivity contribution in [1.82, 2.24) is 4.98 Å². The number of rotatable bonds is 2. The summed E-state index contributed by atoms with van der Waals surface area (Å²) in [6.07, 6.45) is 0. The van der Waals surface area contributed by atoms with Gasteiger partial charge in [0.15, 0.2) is 0 Å². The molecule has 120 valence electrons. The second-order valence-electron chi connectivity index (χ2n) is 7.05. The van der Waals surface area contributed by atoms with E-state index in [2.05, 4.69) is 19.9 Å². The van der Waals surface area contributed by atoms with Crippen LogP contribution in [0.15, 0.2) is 24.3 Å². The standard InChI is InChI=1S/C18H17ClFNO2/c1-17(2)8-22-16-11(17)7-14(18(3)9-23-18)21-15(16)10-4-5-13(20)12(19)6-10/h4-7H,8-9H2,1-3H3. The number of nitrogens with zero attached hydrogens (tertiary/aromatic N) is 1. The van der Waals surface area contributed by atoms with Gasteiger partial charge in [-0.05, 0) is 31.2 Å². The van der Waals surface area contributed by atoms with Crippen molar-refractivity contribution in [3.63, 3.8) is 0 Å². The second kappa shape index (κ2) is 4.68. The molecular weight excluding hydrogens is 317 g/mol. The van der Waals surface area contributed by atoms with Crippen LogP contribution >= 0.6 is 11.6 Å². The zero-order valence-electron chi connectivity index (χ0n) is 13.2. The Kier molecular flexibility index (Phi) is 3.03. The molecular formula is C18H17ClFNO2. The highest BCUT2D eigenvalue weighted by Crippen LogP contribution is 2.47. The third-order valence-corrected chi connectivity index (χ3v) is 4.88. The minimum Gasteiger partial charge on any atom is -0.490 e. The first kappa shape index (κ1) is 14.9. The third kappa shape index (κ3) is 2.32. The van der Waals surface area contributed by atoms with Gasteiger partial charge in [0.1, 0.15) is 22.9 Å². The van der Waals surface area contributed by atoms with E-state index in [-0.39, 0.29) is 16.0 Å². The molecule has 1 atom stereocenters. The largest absolute Gasteiger partial charge is 0.490 e. The van der Waals surface area contributed by atoms with Gasteiger partial charge in [0.2, 0.25) is 0 Å². The number of halogens is 2. The lowest BCUT2D eigenvalue weighted by Crippen LogP contribution is -2.19. The molecule has 0 spiro atoms. The van der Waals surface area contributed by atoms with Crippen molar-refractivity contribution in [1.29, 1.82) is 0 Å². The van der Waals surface area contributed by atoms with E-state index >= 15 is 0 Å². The Morgan fingerprint density at radius 1 is 1.17 bits per heavy atom. The fourth-order valence-corrected chi connectivity index (χ4v) is 3.06. The maximum absolute atomic E-state index is 13.5. The van der Waals surface area contributed by atoms with Crippen LogP contribution in [0.1, 0.15) is 32.0 Å². The summed E-state index contributed by atoms with van der Waals surface area (Å²) < 4.78 is 25.0. The molecule has 23 heavy (non-hydrogen) atoms. The Labute approximate surface area is 139 Å². The topological polar surface area (TPSA) is 34.6 Å². The molecule has 0 amide bonds. The van der Waals surface area contributed by atoms with Crippen LogP contribution in [0.3, 0.4) is 0 Å². The summed E-state index contributed by atoms with van der Waals surface area (Å²) in [5.41, 5.74) is 2.99. The molecule has 0 aliphatic carbocycles. The molecule has 0 N–H and O–H groups in total. The molecule has 0 saturated carbocycles. The SMILES string of the molecule is CC1(C)COc2c1cc(C1(C)CO1)nc2-c1ccc(F)c(Cl)c1. The van der Waals surface area contributed by atoms with Gasteiger partial charge < -0.3 is 9.47 Å². The molecule has 2 aliphatic rings. The average molecular weight is 334 g/mol. The molecule has 1 aromatic carbocycles. The first-order valence-corrected chi connectivity index (χ1v) is 7.96.